The zero-order chi connectivity index (χ0) is 38.2. The van der Waals surface area contributed by atoms with E-state index in [-0.39, 0.29) is 83.1 Å². The van der Waals surface area contributed by atoms with Gasteiger partial charge in [0, 0.05) is 26.4 Å². The predicted molar refractivity (Wildman–Crippen MR) is 208 cm³/mol. The fourth-order valence-corrected chi connectivity index (χ4v) is 7.21. The minimum Gasteiger partial charge on any atom is -0.506 e. The van der Waals surface area contributed by atoms with Gasteiger partial charge in [0.15, 0.2) is 0 Å². The first-order valence-corrected chi connectivity index (χ1v) is 18.7. The minimum absolute atomic E-state index is 0.000403. The van der Waals surface area contributed by atoms with Gasteiger partial charge in [-0.05, 0) is 146 Å². The molecular formula is C40H48Cl4O8. The Labute approximate surface area is 325 Å². The fraction of sp³-hybridized carbons (Fsp3) is 0.400. The Hall–Kier alpha value is -2.92. The highest BCUT2D eigenvalue weighted by atomic mass is 35.5. The summed E-state index contributed by atoms with van der Waals surface area (Å²) < 4.78 is 0. The van der Waals surface area contributed by atoms with E-state index in [1.165, 1.54) is 0 Å². The number of halogens is 4. The molecular weight excluding hydrogens is 750 g/mol. The summed E-state index contributed by atoms with van der Waals surface area (Å²) in [6.07, 6.45) is 5.37. The molecule has 0 saturated carbocycles. The molecule has 0 bridgehead atoms. The van der Waals surface area contributed by atoms with E-state index < -0.39 is 0 Å². The van der Waals surface area contributed by atoms with Gasteiger partial charge in [-0.1, -0.05) is 70.7 Å². The number of phenols is 4. The first kappa shape index (κ1) is 43.5. The number of benzene rings is 4. The highest BCUT2D eigenvalue weighted by Gasteiger charge is 2.24. The van der Waals surface area contributed by atoms with E-state index in [2.05, 4.69) is 0 Å². The molecule has 8 nitrogen and oxygen atoms in total. The van der Waals surface area contributed by atoms with Gasteiger partial charge in [-0.3, -0.25) is 0 Å². The molecule has 12 heteroatoms. The van der Waals surface area contributed by atoms with Crippen molar-refractivity contribution in [3.63, 3.8) is 0 Å². The lowest BCUT2D eigenvalue weighted by Gasteiger charge is -2.26. The van der Waals surface area contributed by atoms with E-state index >= 15 is 0 Å². The second-order valence-corrected chi connectivity index (χ2v) is 14.7. The van der Waals surface area contributed by atoms with Crippen molar-refractivity contribution >= 4 is 46.4 Å². The molecule has 0 saturated heterocycles. The second-order valence-electron chi connectivity index (χ2n) is 13.1. The lowest BCUT2D eigenvalue weighted by atomic mass is 9.80. The zero-order valence-corrected chi connectivity index (χ0v) is 31.8. The molecule has 0 amide bonds. The summed E-state index contributed by atoms with van der Waals surface area (Å²) in [4.78, 5) is 0. The molecule has 284 valence electrons. The van der Waals surface area contributed by atoms with Crippen LogP contribution in [-0.2, 0) is 25.7 Å². The van der Waals surface area contributed by atoms with Gasteiger partial charge in [0.05, 0.1) is 20.1 Å². The average molecular weight is 799 g/mol. The summed E-state index contributed by atoms with van der Waals surface area (Å²) in [7, 11) is 0. The first-order valence-electron chi connectivity index (χ1n) is 17.2. The predicted octanol–water partition coefficient (Wildman–Crippen LogP) is 8.37. The van der Waals surface area contributed by atoms with Crippen molar-refractivity contribution in [1.82, 2.24) is 0 Å². The SMILES string of the molecule is OCCC[C@@H](Cc1ccc(O)c(Cl)c1)[C@@H](CO)Cc1ccc(O)c(Cl)c1.OCCC[C@H](Cc1ccc(O)c(Cl)c1)[C@H](CO)Cc1ccc(O)c(Cl)c1. The first-order chi connectivity index (χ1) is 24.9. The third-order valence-corrected chi connectivity index (χ3v) is 10.5. The lowest BCUT2D eigenvalue weighted by Crippen LogP contribution is -2.23. The third-order valence-electron chi connectivity index (χ3n) is 9.31. The van der Waals surface area contributed by atoms with Crippen molar-refractivity contribution in [2.24, 2.45) is 23.7 Å². The van der Waals surface area contributed by atoms with Gasteiger partial charge in [-0.2, -0.15) is 0 Å². The van der Waals surface area contributed by atoms with Crippen molar-refractivity contribution in [1.29, 1.82) is 0 Å². The summed E-state index contributed by atoms with van der Waals surface area (Å²) in [5, 5.41) is 77.8. The van der Waals surface area contributed by atoms with Crippen LogP contribution in [-0.4, -0.2) is 67.3 Å². The summed E-state index contributed by atoms with van der Waals surface area (Å²) >= 11 is 24.0. The van der Waals surface area contributed by atoms with Crippen LogP contribution in [0.3, 0.4) is 0 Å². The lowest BCUT2D eigenvalue weighted by molar-refractivity contribution is 0.158. The van der Waals surface area contributed by atoms with E-state index in [9.17, 15) is 40.9 Å². The molecule has 4 aromatic carbocycles. The van der Waals surface area contributed by atoms with Crippen LogP contribution in [0.5, 0.6) is 23.0 Å². The van der Waals surface area contributed by atoms with Gasteiger partial charge in [0.2, 0.25) is 0 Å². The van der Waals surface area contributed by atoms with Gasteiger partial charge in [0.25, 0.3) is 0 Å². The van der Waals surface area contributed by atoms with Gasteiger partial charge < -0.3 is 40.9 Å². The van der Waals surface area contributed by atoms with E-state index in [4.69, 9.17) is 46.4 Å². The summed E-state index contributed by atoms with van der Waals surface area (Å²) in [6, 6.07) is 20.3. The van der Waals surface area contributed by atoms with Crippen molar-refractivity contribution in [3.05, 3.63) is 115 Å². The van der Waals surface area contributed by atoms with Crippen LogP contribution in [0.4, 0.5) is 0 Å². The third kappa shape index (κ3) is 13.8. The average Bonchev–Trinajstić information content (AvgIpc) is 3.12. The van der Waals surface area contributed by atoms with Crippen LogP contribution in [0.15, 0.2) is 72.8 Å². The van der Waals surface area contributed by atoms with Crippen molar-refractivity contribution in [2.75, 3.05) is 26.4 Å². The van der Waals surface area contributed by atoms with Crippen molar-refractivity contribution < 1.29 is 40.9 Å². The molecule has 0 heterocycles. The van der Waals surface area contributed by atoms with Crippen LogP contribution in [0.25, 0.3) is 0 Å². The number of aliphatic hydroxyl groups excluding tert-OH is 4. The largest absolute Gasteiger partial charge is 0.506 e. The Bertz CT molecular complexity index is 1560. The Morgan fingerprint density at radius 2 is 0.635 bits per heavy atom. The topological polar surface area (TPSA) is 162 Å². The number of hydrogen-bond donors (Lipinski definition) is 8. The summed E-state index contributed by atoms with van der Waals surface area (Å²) in [5.74, 6) is 0.336. The van der Waals surface area contributed by atoms with Crippen molar-refractivity contribution in [2.45, 2.75) is 51.4 Å². The number of aliphatic hydroxyl groups is 4. The monoisotopic (exact) mass is 796 g/mol. The smallest absolute Gasteiger partial charge is 0.134 e. The molecule has 0 radical (unpaired) electrons. The zero-order valence-electron chi connectivity index (χ0n) is 28.8. The van der Waals surface area contributed by atoms with Crippen LogP contribution in [0.1, 0.15) is 47.9 Å². The quantitative estimate of drug-likeness (QED) is 0.0498. The molecule has 0 aliphatic heterocycles. The summed E-state index contributed by atoms with van der Waals surface area (Å²) in [5.41, 5.74) is 3.81. The fourth-order valence-electron chi connectivity index (χ4n) is 6.40. The number of hydrogen-bond acceptors (Lipinski definition) is 8. The van der Waals surface area contributed by atoms with Gasteiger partial charge in [0.1, 0.15) is 23.0 Å². The molecule has 8 N–H and O–H groups in total. The van der Waals surface area contributed by atoms with E-state index in [0.717, 1.165) is 35.1 Å². The van der Waals surface area contributed by atoms with Crippen LogP contribution in [0, 0.1) is 23.7 Å². The molecule has 0 spiro atoms. The number of aromatic hydroxyl groups is 4. The maximum absolute atomic E-state index is 9.95. The Balaban J connectivity index is 0.000000280. The normalized spacial score (nSPS) is 13.5. The Morgan fingerprint density at radius 3 is 0.846 bits per heavy atom. The second kappa shape index (κ2) is 22.3. The Kier molecular flexibility index (Phi) is 18.7. The van der Waals surface area contributed by atoms with Gasteiger partial charge in [-0.25, -0.2) is 0 Å². The van der Waals surface area contributed by atoms with Crippen LogP contribution in [0.2, 0.25) is 20.1 Å². The number of phenolic OH excluding ortho intramolecular Hbond substituents is 4. The minimum atomic E-state index is -0.0326. The molecule has 4 rings (SSSR count). The molecule has 0 aliphatic rings. The standard InChI is InChI=1S/2C20H24Cl2O4/c2*21-17-10-13(3-5-19(17)25)8-15(2-1-7-23)16(12-24)9-14-4-6-20(26)18(22)11-14/h2*3-6,10-11,15-16,23-26H,1-2,7-9,12H2/t2*15-,16+/m10/s1. The molecule has 0 aromatic heterocycles. The summed E-state index contributed by atoms with van der Waals surface area (Å²) in [6.45, 7) is 0.187. The molecule has 0 fully saturated rings. The maximum atomic E-state index is 9.95. The van der Waals surface area contributed by atoms with Gasteiger partial charge in [-0.15, -0.1) is 0 Å². The molecule has 4 atom stereocenters. The molecule has 52 heavy (non-hydrogen) atoms. The van der Waals surface area contributed by atoms with E-state index in [0.29, 0.717) is 48.6 Å². The molecule has 0 unspecified atom stereocenters. The number of rotatable bonds is 18. The van der Waals surface area contributed by atoms with Gasteiger partial charge >= 0.3 is 0 Å². The highest BCUT2D eigenvalue weighted by molar-refractivity contribution is 6.33. The molecule has 0 aliphatic carbocycles. The highest BCUT2D eigenvalue weighted by Crippen LogP contribution is 2.33. The maximum Gasteiger partial charge on any atom is 0.134 e. The van der Waals surface area contributed by atoms with E-state index in [1.807, 2.05) is 12.1 Å². The van der Waals surface area contributed by atoms with E-state index in [1.54, 1.807) is 60.7 Å². The van der Waals surface area contributed by atoms with Crippen LogP contribution >= 0.6 is 46.4 Å². The Morgan fingerprint density at radius 1 is 0.385 bits per heavy atom. The van der Waals surface area contributed by atoms with Crippen molar-refractivity contribution in [3.8, 4) is 23.0 Å². The molecule has 4 aromatic rings. The van der Waals surface area contributed by atoms with Crippen LogP contribution < -0.4 is 0 Å².